The normalized spacial score (nSPS) is 26.2. The molecule has 1 unspecified atom stereocenters. The summed E-state index contributed by atoms with van der Waals surface area (Å²) in [6.45, 7) is 13.1. The van der Waals surface area contributed by atoms with Crippen LogP contribution in [0.3, 0.4) is 0 Å². The van der Waals surface area contributed by atoms with E-state index < -0.39 is 0 Å². The lowest BCUT2D eigenvalue weighted by molar-refractivity contribution is 0.244. The smallest absolute Gasteiger partial charge is 0.0109 e. The molecule has 18 heavy (non-hydrogen) atoms. The second kappa shape index (κ2) is 5.89. The third kappa shape index (κ3) is 4.87. The van der Waals surface area contributed by atoms with Gasteiger partial charge in [0.1, 0.15) is 0 Å². The highest BCUT2D eigenvalue weighted by Gasteiger charge is 2.27. The molecule has 3 heteroatoms. The summed E-state index contributed by atoms with van der Waals surface area (Å²) in [6.07, 6.45) is 4.22. The van der Waals surface area contributed by atoms with E-state index in [0.29, 0.717) is 0 Å². The highest BCUT2D eigenvalue weighted by molar-refractivity contribution is 4.84. The Morgan fingerprint density at radius 3 is 2.56 bits per heavy atom. The van der Waals surface area contributed by atoms with E-state index in [4.69, 9.17) is 0 Å². The van der Waals surface area contributed by atoms with Crippen molar-refractivity contribution in [3.8, 4) is 0 Å². The van der Waals surface area contributed by atoms with Crippen LogP contribution in [0.1, 0.15) is 40.0 Å². The summed E-state index contributed by atoms with van der Waals surface area (Å²) in [5.74, 6) is 0.857. The van der Waals surface area contributed by atoms with E-state index in [1.54, 1.807) is 0 Å². The molecule has 0 aromatic rings. The van der Waals surface area contributed by atoms with Crippen LogP contribution in [0.25, 0.3) is 0 Å². The molecule has 1 saturated heterocycles. The van der Waals surface area contributed by atoms with E-state index in [1.165, 1.54) is 52.0 Å². The maximum Gasteiger partial charge on any atom is 0.0109 e. The second-order valence-corrected chi connectivity index (χ2v) is 7.30. The lowest BCUT2D eigenvalue weighted by Crippen LogP contribution is -2.40. The predicted molar refractivity (Wildman–Crippen MR) is 78.0 cm³/mol. The van der Waals surface area contributed by atoms with Gasteiger partial charge in [0.05, 0.1) is 0 Å². The van der Waals surface area contributed by atoms with Crippen molar-refractivity contribution in [2.24, 2.45) is 5.92 Å². The zero-order valence-corrected chi connectivity index (χ0v) is 12.7. The molecular formula is C15H31N3. The number of hydrogen-bond donors (Lipinski definition) is 1. The molecule has 1 aliphatic heterocycles. The van der Waals surface area contributed by atoms with Crippen molar-refractivity contribution in [2.45, 2.75) is 51.6 Å². The molecular weight excluding hydrogens is 222 g/mol. The Morgan fingerprint density at radius 1 is 1.22 bits per heavy atom. The van der Waals surface area contributed by atoms with Crippen molar-refractivity contribution >= 4 is 0 Å². The minimum atomic E-state index is 0.264. The van der Waals surface area contributed by atoms with E-state index in [2.05, 4.69) is 42.9 Å². The van der Waals surface area contributed by atoms with Gasteiger partial charge in [-0.3, -0.25) is 0 Å². The van der Waals surface area contributed by atoms with Gasteiger partial charge in [0.25, 0.3) is 0 Å². The Bertz CT molecular complexity index is 255. The molecule has 0 spiro atoms. The fraction of sp³-hybridized carbons (Fsp3) is 1.00. The van der Waals surface area contributed by atoms with E-state index >= 15 is 0 Å². The lowest BCUT2D eigenvalue weighted by atomic mass is 10.1. The second-order valence-electron chi connectivity index (χ2n) is 7.30. The van der Waals surface area contributed by atoms with Crippen LogP contribution in [0.4, 0.5) is 0 Å². The first-order valence-electron chi connectivity index (χ1n) is 7.62. The van der Waals surface area contributed by atoms with E-state index in [1.807, 2.05) is 0 Å². The first kappa shape index (κ1) is 14.3. The van der Waals surface area contributed by atoms with Gasteiger partial charge in [-0.05, 0) is 66.1 Å². The van der Waals surface area contributed by atoms with Crippen LogP contribution < -0.4 is 5.32 Å². The fourth-order valence-corrected chi connectivity index (χ4v) is 2.73. The molecule has 2 rings (SSSR count). The molecule has 106 valence electrons. The minimum Gasteiger partial charge on any atom is -0.312 e. The molecule has 1 saturated carbocycles. The van der Waals surface area contributed by atoms with Crippen LogP contribution in [0.2, 0.25) is 0 Å². The standard InChI is InChI=1S/C15H31N3/c1-15(2,3)16-11-13-7-8-18(12-13)10-9-17(4)14-5-6-14/h13-14,16H,5-12H2,1-4H3. The molecule has 2 fully saturated rings. The number of nitrogens with one attached hydrogen (secondary N) is 1. The number of likely N-dealkylation sites (tertiary alicyclic amines) is 1. The predicted octanol–water partition coefficient (Wildman–Crippen LogP) is 1.79. The summed E-state index contributed by atoms with van der Waals surface area (Å²) in [5, 5.41) is 3.64. The number of likely N-dealkylation sites (N-methyl/N-ethyl adjacent to an activating group) is 1. The quantitative estimate of drug-likeness (QED) is 0.778. The topological polar surface area (TPSA) is 18.5 Å². The highest BCUT2D eigenvalue weighted by Crippen LogP contribution is 2.25. The van der Waals surface area contributed by atoms with E-state index in [0.717, 1.165) is 12.0 Å². The molecule has 0 bridgehead atoms. The van der Waals surface area contributed by atoms with E-state index in [9.17, 15) is 0 Å². The van der Waals surface area contributed by atoms with Gasteiger partial charge in [-0.15, -0.1) is 0 Å². The minimum absolute atomic E-state index is 0.264. The molecule has 1 atom stereocenters. The monoisotopic (exact) mass is 253 g/mol. The van der Waals surface area contributed by atoms with Crippen molar-refractivity contribution in [1.29, 1.82) is 0 Å². The highest BCUT2D eigenvalue weighted by atomic mass is 15.2. The summed E-state index contributed by atoms with van der Waals surface area (Å²) < 4.78 is 0. The van der Waals surface area contributed by atoms with Crippen molar-refractivity contribution in [1.82, 2.24) is 15.1 Å². The van der Waals surface area contributed by atoms with Crippen LogP contribution in [0.5, 0.6) is 0 Å². The average molecular weight is 253 g/mol. The maximum absolute atomic E-state index is 3.64. The summed E-state index contributed by atoms with van der Waals surface area (Å²) in [4.78, 5) is 5.19. The Kier molecular flexibility index (Phi) is 4.68. The van der Waals surface area contributed by atoms with Gasteiger partial charge < -0.3 is 15.1 Å². The molecule has 0 amide bonds. The summed E-state index contributed by atoms with van der Waals surface area (Å²) in [6, 6.07) is 0.908. The van der Waals surface area contributed by atoms with Gasteiger partial charge in [-0.2, -0.15) is 0 Å². The maximum atomic E-state index is 3.64. The third-order valence-corrected chi connectivity index (χ3v) is 4.23. The van der Waals surface area contributed by atoms with Gasteiger partial charge in [0, 0.05) is 31.2 Å². The third-order valence-electron chi connectivity index (χ3n) is 4.23. The molecule has 3 nitrogen and oxygen atoms in total. The molecule has 2 aliphatic rings. The van der Waals surface area contributed by atoms with E-state index in [-0.39, 0.29) is 5.54 Å². The SMILES string of the molecule is CN(CCN1CCC(CNC(C)(C)C)C1)C1CC1. The number of hydrogen-bond acceptors (Lipinski definition) is 3. The first-order chi connectivity index (χ1) is 8.44. The van der Waals surface area contributed by atoms with Gasteiger partial charge in [0.2, 0.25) is 0 Å². The van der Waals surface area contributed by atoms with Crippen molar-refractivity contribution in [3.05, 3.63) is 0 Å². The van der Waals surface area contributed by atoms with Crippen molar-refractivity contribution in [2.75, 3.05) is 39.8 Å². The lowest BCUT2D eigenvalue weighted by Gasteiger charge is -2.24. The van der Waals surface area contributed by atoms with Gasteiger partial charge in [0.15, 0.2) is 0 Å². The van der Waals surface area contributed by atoms with Crippen LogP contribution in [-0.2, 0) is 0 Å². The van der Waals surface area contributed by atoms with Gasteiger partial charge in [-0.1, -0.05) is 0 Å². The van der Waals surface area contributed by atoms with Crippen molar-refractivity contribution in [3.63, 3.8) is 0 Å². The zero-order chi connectivity index (χ0) is 13.2. The van der Waals surface area contributed by atoms with Gasteiger partial charge in [-0.25, -0.2) is 0 Å². The van der Waals surface area contributed by atoms with Crippen LogP contribution in [0, 0.1) is 5.92 Å². The molecule has 0 aromatic heterocycles. The summed E-state index contributed by atoms with van der Waals surface area (Å²) >= 11 is 0. The zero-order valence-electron chi connectivity index (χ0n) is 12.7. The summed E-state index contributed by atoms with van der Waals surface area (Å²) in [7, 11) is 2.28. The fourth-order valence-electron chi connectivity index (χ4n) is 2.73. The molecule has 1 N–H and O–H groups in total. The number of rotatable bonds is 6. The van der Waals surface area contributed by atoms with Gasteiger partial charge >= 0.3 is 0 Å². The molecule has 1 heterocycles. The van der Waals surface area contributed by atoms with Crippen LogP contribution >= 0.6 is 0 Å². The van der Waals surface area contributed by atoms with Crippen LogP contribution in [0.15, 0.2) is 0 Å². The average Bonchev–Trinajstić information content (AvgIpc) is 3.03. The van der Waals surface area contributed by atoms with Crippen LogP contribution in [-0.4, -0.2) is 61.2 Å². The molecule has 0 aromatic carbocycles. The Hall–Kier alpha value is -0.120. The number of nitrogens with zero attached hydrogens (tertiary/aromatic N) is 2. The molecule has 0 radical (unpaired) electrons. The Labute approximate surface area is 113 Å². The molecule has 1 aliphatic carbocycles. The largest absolute Gasteiger partial charge is 0.312 e. The first-order valence-corrected chi connectivity index (χ1v) is 7.62. The van der Waals surface area contributed by atoms with Crippen molar-refractivity contribution < 1.29 is 0 Å². The summed E-state index contributed by atoms with van der Waals surface area (Å²) in [5.41, 5.74) is 0.264. The Morgan fingerprint density at radius 2 is 1.94 bits per heavy atom. The Balaban J connectivity index is 1.59.